The fraction of sp³-hybridized carbons (Fsp3) is 0.529. The largest absolute Gasteiger partial charge is 0.374 e. The van der Waals surface area contributed by atoms with Crippen LogP contribution in [0.15, 0.2) is 30.3 Å². The van der Waals surface area contributed by atoms with Gasteiger partial charge >= 0.3 is 0 Å². The summed E-state index contributed by atoms with van der Waals surface area (Å²) in [7, 11) is 0. The maximum Gasteiger partial charge on any atom is 0.240 e. The number of nitrogens with zero attached hydrogens (tertiary/aromatic N) is 2. The number of nitriles is 1. The number of fused-ring (bicyclic) bond motifs is 1. The van der Waals surface area contributed by atoms with Gasteiger partial charge in [-0.1, -0.05) is 30.3 Å². The Morgan fingerprint density at radius 2 is 2.19 bits per heavy atom. The standard InChI is InChI=1S/C17H20N2O2/c18-12-14(11-13-5-2-1-3-6-13)17(20)19-9-10-21-16-8-4-7-15(16)19/h1-3,5-6,14-16H,4,7-11H2. The number of morpholine rings is 1. The Kier molecular flexibility index (Phi) is 4.21. The fourth-order valence-electron chi connectivity index (χ4n) is 3.44. The molecule has 1 saturated carbocycles. The molecule has 21 heavy (non-hydrogen) atoms. The molecule has 3 unspecified atom stereocenters. The van der Waals surface area contributed by atoms with Gasteiger partial charge in [0.1, 0.15) is 5.92 Å². The fourth-order valence-corrected chi connectivity index (χ4v) is 3.44. The predicted octanol–water partition coefficient (Wildman–Crippen LogP) is 2.15. The zero-order valence-electron chi connectivity index (χ0n) is 12.1. The first kappa shape index (κ1) is 14.1. The highest BCUT2D eigenvalue weighted by molar-refractivity contribution is 5.82. The lowest BCUT2D eigenvalue weighted by Gasteiger charge is -2.38. The van der Waals surface area contributed by atoms with Gasteiger partial charge < -0.3 is 9.64 Å². The molecule has 0 aromatic heterocycles. The van der Waals surface area contributed by atoms with E-state index in [9.17, 15) is 10.1 Å². The van der Waals surface area contributed by atoms with Crippen LogP contribution in [-0.4, -0.2) is 36.1 Å². The van der Waals surface area contributed by atoms with Crippen molar-refractivity contribution in [2.75, 3.05) is 13.2 Å². The van der Waals surface area contributed by atoms with Crippen LogP contribution in [0.25, 0.3) is 0 Å². The Labute approximate surface area is 125 Å². The molecule has 1 aliphatic heterocycles. The summed E-state index contributed by atoms with van der Waals surface area (Å²) in [4.78, 5) is 14.6. The summed E-state index contributed by atoms with van der Waals surface area (Å²) in [5, 5.41) is 9.40. The second kappa shape index (κ2) is 6.28. The first-order valence-corrected chi connectivity index (χ1v) is 7.65. The summed E-state index contributed by atoms with van der Waals surface area (Å²) in [5.41, 5.74) is 1.04. The normalized spacial score (nSPS) is 26.0. The third kappa shape index (κ3) is 2.93. The summed E-state index contributed by atoms with van der Waals surface area (Å²) in [6, 6.07) is 12.1. The van der Waals surface area contributed by atoms with Crippen LogP contribution in [0.5, 0.6) is 0 Å². The second-order valence-corrected chi connectivity index (χ2v) is 5.81. The molecule has 2 aliphatic rings. The molecule has 4 nitrogen and oxygen atoms in total. The number of hydrogen-bond acceptors (Lipinski definition) is 3. The van der Waals surface area contributed by atoms with Gasteiger partial charge in [-0.25, -0.2) is 0 Å². The summed E-state index contributed by atoms with van der Waals surface area (Å²) in [6.07, 6.45) is 3.81. The van der Waals surface area contributed by atoms with Crippen LogP contribution >= 0.6 is 0 Å². The monoisotopic (exact) mass is 284 g/mol. The highest BCUT2D eigenvalue weighted by atomic mass is 16.5. The van der Waals surface area contributed by atoms with Gasteiger partial charge in [0, 0.05) is 6.54 Å². The number of rotatable bonds is 3. The summed E-state index contributed by atoms with van der Waals surface area (Å²) in [5.74, 6) is -0.617. The third-order valence-corrected chi connectivity index (χ3v) is 4.50. The van der Waals surface area contributed by atoms with Crippen molar-refractivity contribution in [3.63, 3.8) is 0 Å². The first-order valence-electron chi connectivity index (χ1n) is 7.65. The van der Waals surface area contributed by atoms with E-state index in [2.05, 4.69) is 6.07 Å². The van der Waals surface area contributed by atoms with E-state index < -0.39 is 5.92 Å². The van der Waals surface area contributed by atoms with Gasteiger partial charge in [-0.05, 0) is 31.2 Å². The molecule has 1 aromatic rings. The molecular weight excluding hydrogens is 264 g/mol. The van der Waals surface area contributed by atoms with Crippen LogP contribution in [0, 0.1) is 17.2 Å². The number of amides is 1. The molecule has 110 valence electrons. The summed E-state index contributed by atoms with van der Waals surface area (Å²) < 4.78 is 5.74. The molecule has 0 N–H and O–H groups in total. The first-order chi connectivity index (χ1) is 10.3. The molecular formula is C17H20N2O2. The molecule has 4 heteroatoms. The summed E-state index contributed by atoms with van der Waals surface area (Å²) >= 11 is 0. The molecule has 1 aliphatic carbocycles. The maximum absolute atomic E-state index is 12.7. The lowest BCUT2D eigenvalue weighted by atomic mass is 9.97. The van der Waals surface area contributed by atoms with Crippen molar-refractivity contribution in [1.29, 1.82) is 5.26 Å². The lowest BCUT2D eigenvalue weighted by molar-refractivity contribution is -0.146. The van der Waals surface area contributed by atoms with Crippen LogP contribution in [0.3, 0.4) is 0 Å². The van der Waals surface area contributed by atoms with Crippen molar-refractivity contribution in [2.24, 2.45) is 5.92 Å². The highest BCUT2D eigenvalue weighted by Crippen LogP contribution is 2.30. The van der Waals surface area contributed by atoms with Crippen LogP contribution < -0.4 is 0 Å². The molecule has 1 aromatic carbocycles. The number of hydrogen-bond donors (Lipinski definition) is 0. The van der Waals surface area contributed by atoms with Crippen LogP contribution in [0.4, 0.5) is 0 Å². The van der Waals surface area contributed by atoms with Gasteiger partial charge in [0.2, 0.25) is 5.91 Å². The van der Waals surface area contributed by atoms with Crippen molar-refractivity contribution < 1.29 is 9.53 Å². The van der Waals surface area contributed by atoms with Crippen LogP contribution in [0.1, 0.15) is 24.8 Å². The van der Waals surface area contributed by atoms with E-state index in [1.807, 2.05) is 35.2 Å². The average Bonchev–Trinajstić information content (AvgIpc) is 3.01. The van der Waals surface area contributed by atoms with Gasteiger partial charge in [0.15, 0.2) is 0 Å². The van der Waals surface area contributed by atoms with E-state index in [1.165, 1.54) is 0 Å². The van der Waals surface area contributed by atoms with E-state index in [4.69, 9.17) is 4.74 Å². The quantitative estimate of drug-likeness (QED) is 0.854. The topological polar surface area (TPSA) is 53.3 Å². The van der Waals surface area contributed by atoms with E-state index in [1.54, 1.807) is 0 Å². The van der Waals surface area contributed by atoms with Crippen LogP contribution in [-0.2, 0) is 16.0 Å². The van der Waals surface area contributed by atoms with Crippen molar-refractivity contribution in [2.45, 2.75) is 37.8 Å². The second-order valence-electron chi connectivity index (χ2n) is 5.81. The Bertz CT molecular complexity index is 537. The Morgan fingerprint density at radius 3 is 2.95 bits per heavy atom. The Hall–Kier alpha value is -1.86. The number of carbonyl (C=O) groups excluding carboxylic acids is 1. The van der Waals surface area contributed by atoms with E-state index in [0.717, 1.165) is 24.8 Å². The predicted molar refractivity (Wildman–Crippen MR) is 78.3 cm³/mol. The number of ether oxygens (including phenoxy) is 1. The summed E-state index contributed by atoms with van der Waals surface area (Å²) in [6.45, 7) is 1.21. The minimum Gasteiger partial charge on any atom is -0.374 e. The number of carbonyl (C=O) groups is 1. The average molecular weight is 284 g/mol. The maximum atomic E-state index is 12.7. The van der Waals surface area contributed by atoms with Gasteiger partial charge in [-0.15, -0.1) is 0 Å². The molecule has 0 radical (unpaired) electrons. The zero-order chi connectivity index (χ0) is 14.7. The minimum atomic E-state index is -0.591. The molecule has 1 saturated heterocycles. The lowest BCUT2D eigenvalue weighted by Crippen LogP contribution is -2.53. The van der Waals surface area contributed by atoms with Crippen molar-refractivity contribution in [3.8, 4) is 6.07 Å². The Balaban J connectivity index is 1.71. The Morgan fingerprint density at radius 1 is 1.38 bits per heavy atom. The van der Waals surface area contributed by atoms with Gasteiger partial charge in [-0.3, -0.25) is 4.79 Å². The molecule has 2 fully saturated rings. The minimum absolute atomic E-state index is 0.0263. The zero-order valence-corrected chi connectivity index (χ0v) is 12.1. The van der Waals surface area contributed by atoms with Crippen molar-refractivity contribution in [1.82, 2.24) is 4.90 Å². The molecule has 3 atom stereocenters. The SMILES string of the molecule is N#CC(Cc1ccccc1)C(=O)N1CCOC2CCCC21. The van der Waals surface area contributed by atoms with Gasteiger partial charge in [0.05, 0.1) is 24.8 Å². The molecule has 0 spiro atoms. The van der Waals surface area contributed by atoms with Gasteiger partial charge in [-0.2, -0.15) is 5.26 Å². The molecule has 3 rings (SSSR count). The highest BCUT2D eigenvalue weighted by Gasteiger charge is 2.40. The number of benzene rings is 1. The van der Waals surface area contributed by atoms with Gasteiger partial charge in [0.25, 0.3) is 0 Å². The molecule has 1 amide bonds. The molecule has 0 bridgehead atoms. The molecule has 1 heterocycles. The van der Waals surface area contributed by atoms with E-state index >= 15 is 0 Å². The smallest absolute Gasteiger partial charge is 0.240 e. The van der Waals surface area contributed by atoms with Crippen LogP contribution in [0.2, 0.25) is 0 Å². The van der Waals surface area contributed by atoms with E-state index in [0.29, 0.717) is 19.6 Å². The van der Waals surface area contributed by atoms with Crippen molar-refractivity contribution in [3.05, 3.63) is 35.9 Å². The third-order valence-electron chi connectivity index (χ3n) is 4.50. The van der Waals surface area contributed by atoms with E-state index in [-0.39, 0.29) is 18.1 Å². The van der Waals surface area contributed by atoms with Crippen molar-refractivity contribution >= 4 is 5.91 Å².